The third-order valence-electron chi connectivity index (χ3n) is 2.87. The second kappa shape index (κ2) is 6.01. The Kier molecular flexibility index (Phi) is 4.35. The van der Waals surface area contributed by atoms with E-state index in [1.54, 1.807) is 12.3 Å². The van der Waals surface area contributed by atoms with Gasteiger partial charge in [0.2, 0.25) is 5.91 Å². The Morgan fingerprint density at radius 3 is 2.50 bits per heavy atom. The molecule has 2 rings (SSSR count). The normalized spacial score (nSPS) is 11.8. The van der Waals surface area contributed by atoms with E-state index in [1.165, 1.54) is 23.0 Å². The van der Waals surface area contributed by atoms with Crippen molar-refractivity contribution < 1.29 is 4.79 Å². The number of hydrogen-bond acceptors (Lipinski definition) is 3. The fourth-order valence-corrected chi connectivity index (χ4v) is 2.23. The van der Waals surface area contributed by atoms with Crippen LogP contribution in [0, 0.1) is 0 Å². The Morgan fingerprint density at radius 2 is 1.95 bits per heavy atom. The van der Waals surface area contributed by atoms with Gasteiger partial charge in [-0.3, -0.25) is 10.1 Å². The van der Waals surface area contributed by atoms with Crippen LogP contribution in [0.15, 0.2) is 41.9 Å². The highest BCUT2D eigenvalue weighted by Gasteiger charge is 2.12. The maximum absolute atomic E-state index is 11.7. The van der Waals surface area contributed by atoms with Crippen molar-refractivity contribution in [2.45, 2.75) is 26.2 Å². The maximum atomic E-state index is 11.7. The summed E-state index contributed by atoms with van der Waals surface area (Å²) in [7, 11) is 0. The number of nitrogens with zero attached hydrogens (tertiary/aromatic N) is 1. The molecule has 1 aromatic carbocycles. The minimum Gasteiger partial charge on any atom is -0.298 e. The Morgan fingerprint density at radius 1 is 1.25 bits per heavy atom. The summed E-state index contributed by atoms with van der Waals surface area (Å²) in [5.74, 6) is -0.167. The summed E-state index contributed by atoms with van der Waals surface area (Å²) in [5, 5.41) is 5.15. The van der Waals surface area contributed by atoms with Gasteiger partial charge in [0, 0.05) is 17.7 Å². The molecule has 104 valence electrons. The quantitative estimate of drug-likeness (QED) is 0.863. The Balaban J connectivity index is 1.99. The van der Waals surface area contributed by atoms with Gasteiger partial charge in [0.1, 0.15) is 0 Å². The number of amides is 1. The van der Waals surface area contributed by atoms with Gasteiger partial charge < -0.3 is 0 Å². The van der Waals surface area contributed by atoms with Crippen LogP contribution < -0.4 is 5.32 Å². The number of thiazole rings is 1. The first-order chi connectivity index (χ1) is 9.45. The highest BCUT2D eigenvalue weighted by atomic mass is 32.1. The van der Waals surface area contributed by atoms with E-state index in [0.717, 1.165) is 5.56 Å². The van der Waals surface area contributed by atoms with Gasteiger partial charge in [-0.15, -0.1) is 11.3 Å². The maximum Gasteiger partial charge on any atom is 0.250 e. The lowest BCUT2D eigenvalue weighted by Gasteiger charge is -2.18. The van der Waals surface area contributed by atoms with Crippen LogP contribution in [-0.4, -0.2) is 10.9 Å². The monoisotopic (exact) mass is 286 g/mol. The molecule has 0 fully saturated rings. The lowest BCUT2D eigenvalue weighted by molar-refractivity contribution is -0.111. The van der Waals surface area contributed by atoms with Crippen LogP contribution in [-0.2, 0) is 10.2 Å². The van der Waals surface area contributed by atoms with Crippen LogP contribution in [0.5, 0.6) is 0 Å². The SMILES string of the molecule is CC(C)(C)c1ccc(/C=C\C(=O)Nc2nccs2)cc1. The van der Waals surface area contributed by atoms with Crippen molar-refractivity contribution in [1.29, 1.82) is 0 Å². The second-order valence-corrected chi connectivity index (χ2v) is 6.43. The van der Waals surface area contributed by atoms with Crippen LogP contribution in [0.1, 0.15) is 31.9 Å². The molecular weight excluding hydrogens is 268 g/mol. The zero-order valence-electron chi connectivity index (χ0n) is 11.9. The van der Waals surface area contributed by atoms with Crippen LogP contribution >= 0.6 is 11.3 Å². The average Bonchev–Trinajstić information content (AvgIpc) is 2.88. The zero-order chi connectivity index (χ0) is 14.6. The Labute approximate surface area is 123 Å². The summed E-state index contributed by atoms with van der Waals surface area (Å²) in [6.45, 7) is 6.54. The van der Waals surface area contributed by atoms with Crippen LogP contribution in [0.4, 0.5) is 5.13 Å². The molecule has 0 bridgehead atoms. The lowest BCUT2D eigenvalue weighted by Crippen LogP contribution is -2.10. The van der Waals surface area contributed by atoms with E-state index in [-0.39, 0.29) is 11.3 Å². The van der Waals surface area contributed by atoms with Crippen molar-refractivity contribution in [2.75, 3.05) is 5.32 Å². The highest BCUT2D eigenvalue weighted by molar-refractivity contribution is 7.13. The number of benzene rings is 1. The summed E-state index contributed by atoms with van der Waals surface area (Å²) in [4.78, 5) is 15.7. The van der Waals surface area contributed by atoms with E-state index < -0.39 is 0 Å². The molecule has 0 aliphatic carbocycles. The smallest absolute Gasteiger partial charge is 0.250 e. The molecule has 1 amide bonds. The summed E-state index contributed by atoms with van der Waals surface area (Å²) in [6.07, 6.45) is 4.98. The predicted octanol–water partition coefficient (Wildman–Crippen LogP) is 4.09. The standard InChI is InChI=1S/C16H18N2OS/c1-16(2,3)13-7-4-12(5-8-13)6-9-14(19)18-15-17-10-11-20-15/h4-11H,1-3H3,(H,17,18,19)/b9-6-. The number of rotatable bonds is 3. The second-order valence-electron chi connectivity index (χ2n) is 5.53. The summed E-state index contributed by atoms with van der Waals surface area (Å²) in [5.41, 5.74) is 2.43. The number of carbonyl (C=O) groups excluding carboxylic acids is 1. The zero-order valence-corrected chi connectivity index (χ0v) is 12.7. The molecule has 0 radical (unpaired) electrons. The largest absolute Gasteiger partial charge is 0.298 e. The van der Waals surface area contributed by atoms with Gasteiger partial charge in [0.25, 0.3) is 0 Å². The van der Waals surface area contributed by atoms with Gasteiger partial charge in [-0.05, 0) is 22.6 Å². The average molecular weight is 286 g/mol. The molecule has 4 heteroatoms. The molecule has 20 heavy (non-hydrogen) atoms. The van der Waals surface area contributed by atoms with Crippen LogP contribution in [0.3, 0.4) is 0 Å². The van der Waals surface area contributed by atoms with Gasteiger partial charge in [0.15, 0.2) is 5.13 Å². The number of carbonyl (C=O) groups is 1. The third kappa shape index (κ3) is 4.03. The van der Waals surface area contributed by atoms with Crippen molar-refractivity contribution in [3.8, 4) is 0 Å². The van der Waals surface area contributed by atoms with Gasteiger partial charge in [-0.2, -0.15) is 0 Å². The molecule has 0 spiro atoms. The molecule has 0 saturated carbocycles. The molecule has 1 aromatic heterocycles. The molecule has 0 aliphatic rings. The van der Waals surface area contributed by atoms with Crippen LogP contribution in [0.25, 0.3) is 6.08 Å². The molecule has 1 N–H and O–H groups in total. The minimum atomic E-state index is -0.167. The number of hydrogen-bond donors (Lipinski definition) is 1. The van der Waals surface area contributed by atoms with Gasteiger partial charge in [-0.25, -0.2) is 4.98 Å². The van der Waals surface area contributed by atoms with Crippen molar-refractivity contribution >= 4 is 28.5 Å². The summed E-state index contributed by atoms with van der Waals surface area (Å²) in [6, 6.07) is 8.23. The predicted molar refractivity (Wildman–Crippen MR) is 84.9 cm³/mol. The van der Waals surface area contributed by atoms with E-state index in [4.69, 9.17) is 0 Å². The molecule has 0 saturated heterocycles. The van der Waals surface area contributed by atoms with Gasteiger partial charge >= 0.3 is 0 Å². The van der Waals surface area contributed by atoms with Crippen LogP contribution in [0.2, 0.25) is 0 Å². The molecule has 0 atom stereocenters. The number of aromatic nitrogens is 1. The van der Waals surface area contributed by atoms with E-state index in [9.17, 15) is 4.79 Å². The molecule has 2 aromatic rings. The van der Waals surface area contributed by atoms with E-state index in [0.29, 0.717) is 5.13 Å². The summed E-state index contributed by atoms with van der Waals surface area (Å²) < 4.78 is 0. The van der Waals surface area contributed by atoms with E-state index in [2.05, 4.69) is 43.2 Å². The van der Waals surface area contributed by atoms with E-state index >= 15 is 0 Å². The molecule has 3 nitrogen and oxygen atoms in total. The topological polar surface area (TPSA) is 42.0 Å². The van der Waals surface area contributed by atoms with E-state index in [1.807, 2.05) is 17.5 Å². The first-order valence-corrected chi connectivity index (χ1v) is 7.32. The molecule has 0 unspecified atom stereocenters. The fourth-order valence-electron chi connectivity index (χ4n) is 1.70. The molecule has 1 heterocycles. The number of nitrogens with one attached hydrogen (secondary N) is 1. The van der Waals surface area contributed by atoms with Gasteiger partial charge in [-0.1, -0.05) is 45.0 Å². The Hall–Kier alpha value is -1.94. The van der Waals surface area contributed by atoms with Crippen molar-refractivity contribution in [3.05, 3.63) is 53.0 Å². The first-order valence-electron chi connectivity index (χ1n) is 6.44. The molecular formula is C16H18N2OS. The number of anilines is 1. The first kappa shape index (κ1) is 14.5. The van der Waals surface area contributed by atoms with Crippen molar-refractivity contribution in [1.82, 2.24) is 4.98 Å². The third-order valence-corrected chi connectivity index (χ3v) is 3.55. The summed E-state index contributed by atoms with van der Waals surface area (Å²) >= 11 is 1.40. The highest BCUT2D eigenvalue weighted by Crippen LogP contribution is 2.22. The Bertz CT molecular complexity index is 592. The minimum absolute atomic E-state index is 0.143. The lowest BCUT2D eigenvalue weighted by atomic mass is 9.87. The van der Waals surface area contributed by atoms with Gasteiger partial charge in [0.05, 0.1) is 0 Å². The fraction of sp³-hybridized carbons (Fsp3) is 0.250. The van der Waals surface area contributed by atoms with Crippen molar-refractivity contribution in [2.24, 2.45) is 0 Å². The molecule has 0 aliphatic heterocycles. The van der Waals surface area contributed by atoms with Crippen molar-refractivity contribution in [3.63, 3.8) is 0 Å².